The third kappa shape index (κ3) is 4.88. The highest BCUT2D eigenvalue weighted by Gasteiger charge is 2.33. The number of nitrogens with zero attached hydrogens (tertiary/aromatic N) is 3. The van der Waals surface area contributed by atoms with Gasteiger partial charge in [0.1, 0.15) is 21.5 Å². The van der Waals surface area contributed by atoms with Gasteiger partial charge in [-0.2, -0.15) is 0 Å². The summed E-state index contributed by atoms with van der Waals surface area (Å²) in [4.78, 5) is 33.5. The maximum atomic E-state index is 13.5. The van der Waals surface area contributed by atoms with Gasteiger partial charge in [-0.05, 0) is 55.2 Å². The van der Waals surface area contributed by atoms with E-state index in [4.69, 9.17) is 26.7 Å². The van der Waals surface area contributed by atoms with E-state index in [1.54, 1.807) is 24.3 Å². The summed E-state index contributed by atoms with van der Waals surface area (Å²) >= 11 is 6.70. The number of ether oxygens (including phenoxy) is 2. The quantitative estimate of drug-likeness (QED) is 0.368. The zero-order chi connectivity index (χ0) is 25.2. The third-order valence-electron chi connectivity index (χ3n) is 6.25. The monoisotopic (exact) mass is 522 g/mol. The second kappa shape index (κ2) is 10.4. The molecule has 36 heavy (non-hydrogen) atoms. The fourth-order valence-electron chi connectivity index (χ4n) is 4.27. The number of hydrogen-bond acceptors (Lipinski definition) is 8. The third-order valence-corrected chi connectivity index (χ3v) is 7.63. The van der Waals surface area contributed by atoms with Crippen molar-refractivity contribution in [2.75, 3.05) is 25.6 Å². The molecule has 1 unspecified atom stereocenters. The Bertz CT molecular complexity index is 1410. The Kier molecular flexibility index (Phi) is 7.08. The maximum absolute atomic E-state index is 13.5. The molecule has 1 amide bonds. The van der Waals surface area contributed by atoms with Crippen LogP contribution in [0.4, 0.5) is 5.82 Å². The van der Waals surface area contributed by atoms with Crippen molar-refractivity contribution in [2.24, 2.45) is 0 Å². The number of thiocarbonyl (C=S) groups is 1. The van der Waals surface area contributed by atoms with Crippen molar-refractivity contribution in [1.29, 1.82) is 0 Å². The maximum Gasteiger partial charge on any atom is 0.267 e. The lowest BCUT2D eigenvalue weighted by atomic mass is 10.2. The lowest BCUT2D eigenvalue weighted by Gasteiger charge is -2.15. The van der Waals surface area contributed by atoms with Crippen LogP contribution in [-0.2, 0) is 16.1 Å². The number of amides is 1. The first-order valence-corrected chi connectivity index (χ1v) is 12.9. The first-order valence-electron chi connectivity index (χ1n) is 11.7. The topological polar surface area (TPSA) is 85.2 Å². The Labute approximate surface area is 218 Å². The molecule has 1 atom stereocenters. The number of thioether (sulfide) groups is 1. The molecule has 2 aliphatic heterocycles. The van der Waals surface area contributed by atoms with Crippen molar-refractivity contribution in [2.45, 2.75) is 32.4 Å². The molecule has 5 rings (SSSR count). The molecule has 0 radical (unpaired) electrons. The van der Waals surface area contributed by atoms with Crippen LogP contribution in [0.2, 0.25) is 0 Å². The van der Waals surface area contributed by atoms with E-state index in [0.29, 0.717) is 39.3 Å². The molecule has 0 bridgehead atoms. The van der Waals surface area contributed by atoms with Gasteiger partial charge < -0.3 is 14.8 Å². The summed E-state index contributed by atoms with van der Waals surface area (Å²) in [5.74, 6) is 0.941. The highest BCUT2D eigenvalue weighted by molar-refractivity contribution is 8.26. The van der Waals surface area contributed by atoms with Gasteiger partial charge in [0, 0.05) is 19.3 Å². The van der Waals surface area contributed by atoms with Crippen LogP contribution in [0.5, 0.6) is 5.75 Å². The molecular weight excluding hydrogens is 496 g/mol. The Morgan fingerprint density at radius 2 is 2.08 bits per heavy atom. The van der Waals surface area contributed by atoms with Crippen LogP contribution in [0.25, 0.3) is 11.7 Å². The predicted octanol–water partition coefficient (Wildman–Crippen LogP) is 4.00. The zero-order valence-electron chi connectivity index (χ0n) is 20.0. The minimum atomic E-state index is -0.251. The number of aryl methyl sites for hydroxylation is 1. The number of nitrogens with one attached hydrogen (secondary N) is 1. The van der Waals surface area contributed by atoms with E-state index in [-0.39, 0.29) is 17.6 Å². The molecule has 1 N–H and O–H groups in total. The number of pyridine rings is 1. The number of anilines is 1. The van der Waals surface area contributed by atoms with Crippen molar-refractivity contribution in [3.63, 3.8) is 0 Å². The van der Waals surface area contributed by atoms with Crippen LogP contribution in [-0.4, -0.2) is 50.9 Å². The first-order chi connectivity index (χ1) is 17.4. The second-order valence-electron chi connectivity index (χ2n) is 8.70. The molecule has 10 heteroatoms. The van der Waals surface area contributed by atoms with E-state index < -0.39 is 0 Å². The van der Waals surface area contributed by atoms with Crippen molar-refractivity contribution in [3.8, 4) is 5.75 Å². The number of methoxy groups -OCH3 is 1. The zero-order valence-corrected chi connectivity index (χ0v) is 21.7. The van der Waals surface area contributed by atoms with Crippen molar-refractivity contribution in [1.82, 2.24) is 14.3 Å². The van der Waals surface area contributed by atoms with Crippen molar-refractivity contribution >= 4 is 51.7 Å². The van der Waals surface area contributed by atoms with E-state index >= 15 is 0 Å². The molecule has 2 aromatic heterocycles. The number of hydrogen-bond donors (Lipinski definition) is 1. The summed E-state index contributed by atoms with van der Waals surface area (Å²) in [6, 6.07) is 11.2. The molecular formula is C26H26N4O4S2. The van der Waals surface area contributed by atoms with E-state index in [9.17, 15) is 9.59 Å². The molecule has 1 aromatic carbocycles. The Morgan fingerprint density at radius 3 is 2.81 bits per heavy atom. The molecule has 2 fully saturated rings. The summed E-state index contributed by atoms with van der Waals surface area (Å²) in [5, 5.41) is 3.30. The predicted molar refractivity (Wildman–Crippen MR) is 145 cm³/mol. The highest BCUT2D eigenvalue weighted by Crippen LogP contribution is 2.34. The number of fused-ring (bicyclic) bond motifs is 1. The van der Waals surface area contributed by atoms with E-state index in [0.717, 1.165) is 36.3 Å². The summed E-state index contributed by atoms with van der Waals surface area (Å²) in [6.45, 7) is 3.52. The Morgan fingerprint density at radius 1 is 1.28 bits per heavy atom. The van der Waals surface area contributed by atoms with E-state index in [1.165, 1.54) is 16.2 Å². The molecule has 4 heterocycles. The average molecular weight is 523 g/mol. The van der Waals surface area contributed by atoms with Crippen molar-refractivity contribution in [3.05, 3.63) is 74.5 Å². The van der Waals surface area contributed by atoms with Crippen molar-refractivity contribution < 1.29 is 14.3 Å². The molecule has 0 saturated carbocycles. The Hall–Kier alpha value is -3.21. The minimum Gasteiger partial charge on any atom is -0.497 e. The molecule has 0 aliphatic carbocycles. The number of benzene rings is 1. The van der Waals surface area contributed by atoms with Gasteiger partial charge >= 0.3 is 0 Å². The lowest BCUT2D eigenvalue weighted by Crippen LogP contribution is -2.27. The number of carbonyl (C=O) groups excluding carboxylic acids is 1. The molecule has 2 saturated heterocycles. The molecule has 3 aromatic rings. The molecule has 186 valence electrons. The SMILES string of the molecule is COc1ccc(CN2C(=O)/C(=C/c3c(NCC4CCCO4)nc4c(C)cccn4c3=O)SC2=S)cc1. The largest absolute Gasteiger partial charge is 0.497 e. The molecule has 2 aliphatic rings. The average Bonchev–Trinajstić information content (AvgIpc) is 3.49. The Balaban J connectivity index is 1.48. The van der Waals surface area contributed by atoms with Crippen LogP contribution in [0.15, 0.2) is 52.3 Å². The van der Waals surface area contributed by atoms with Gasteiger partial charge in [-0.3, -0.25) is 18.9 Å². The highest BCUT2D eigenvalue weighted by atomic mass is 32.2. The minimum absolute atomic E-state index is 0.0673. The van der Waals surface area contributed by atoms with Gasteiger partial charge in [-0.1, -0.05) is 42.2 Å². The first kappa shape index (κ1) is 24.5. The lowest BCUT2D eigenvalue weighted by molar-refractivity contribution is -0.122. The van der Waals surface area contributed by atoms with Crippen LogP contribution in [0.3, 0.4) is 0 Å². The van der Waals surface area contributed by atoms with Gasteiger partial charge in [0.2, 0.25) is 0 Å². The summed E-state index contributed by atoms with van der Waals surface area (Å²) in [5.41, 5.74) is 2.45. The summed E-state index contributed by atoms with van der Waals surface area (Å²) in [6.07, 6.45) is 5.33. The standard InChI is InChI=1S/C26H26N4O4S2/c1-16-5-3-11-29-23(16)28-22(27-14-19-6-4-12-34-19)20(24(29)31)13-21-25(32)30(26(35)36-21)15-17-7-9-18(33-2)10-8-17/h3,5,7-11,13,19,27H,4,6,12,14-15H2,1-2H3/b21-13-. The fourth-order valence-corrected chi connectivity index (χ4v) is 5.51. The normalized spacial score (nSPS) is 19.0. The van der Waals surface area contributed by atoms with Gasteiger partial charge in [0.05, 0.1) is 30.2 Å². The van der Waals surface area contributed by atoms with Crippen LogP contribution in [0.1, 0.15) is 29.5 Å². The summed E-state index contributed by atoms with van der Waals surface area (Å²) in [7, 11) is 1.61. The summed E-state index contributed by atoms with van der Waals surface area (Å²) < 4.78 is 12.9. The van der Waals surface area contributed by atoms with Crippen LogP contribution >= 0.6 is 24.0 Å². The van der Waals surface area contributed by atoms with E-state index in [2.05, 4.69) is 5.32 Å². The number of aromatic nitrogens is 2. The van der Waals surface area contributed by atoms with Crippen LogP contribution in [0, 0.1) is 6.92 Å². The van der Waals surface area contributed by atoms with Gasteiger partial charge in [0.15, 0.2) is 0 Å². The second-order valence-corrected chi connectivity index (χ2v) is 10.4. The van der Waals surface area contributed by atoms with Gasteiger partial charge in [-0.15, -0.1) is 0 Å². The smallest absolute Gasteiger partial charge is 0.267 e. The number of rotatable bonds is 7. The molecule has 8 nitrogen and oxygen atoms in total. The van der Waals surface area contributed by atoms with E-state index in [1.807, 2.05) is 43.3 Å². The number of carbonyl (C=O) groups is 1. The van der Waals surface area contributed by atoms with Gasteiger partial charge in [-0.25, -0.2) is 4.98 Å². The van der Waals surface area contributed by atoms with Gasteiger partial charge in [0.25, 0.3) is 11.5 Å². The van der Waals surface area contributed by atoms with Crippen LogP contribution < -0.4 is 15.6 Å². The fraction of sp³-hybridized carbons (Fsp3) is 0.308. The molecule has 0 spiro atoms.